The highest BCUT2D eigenvalue weighted by molar-refractivity contribution is 6.35. The first-order valence-electron chi connectivity index (χ1n) is 8.61. The van der Waals surface area contributed by atoms with Crippen LogP contribution < -0.4 is 5.32 Å². The van der Waals surface area contributed by atoms with Crippen molar-refractivity contribution in [2.24, 2.45) is 11.1 Å². The number of piperidine rings is 1. The van der Waals surface area contributed by atoms with Gasteiger partial charge in [0.15, 0.2) is 0 Å². The molecule has 0 aliphatic carbocycles. The van der Waals surface area contributed by atoms with Crippen LogP contribution in [-0.4, -0.2) is 36.0 Å². The molecule has 1 fully saturated rings. The summed E-state index contributed by atoms with van der Waals surface area (Å²) in [5, 5.41) is 17.2. The van der Waals surface area contributed by atoms with E-state index in [0.29, 0.717) is 30.3 Å². The molecule has 1 aliphatic heterocycles. The van der Waals surface area contributed by atoms with E-state index in [1.54, 1.807) is 0 Å². The average Bonchev–Trinajstić information content (AvgIpc) is 2.67. The van der Waals surface area contributed by atoms with E-state index >= 15 is 0 Å². The van der Waals surface area contributed by atoms with Gasteiger partial charge in [0.25, 0.3) is 0 Å². The third kappa shape index (κ3) is 4.62. The Morgan fingerprint density at radius 2 is 1.88 bits per heavy atom. The van der Waals surface area contributed by atoms with Crippen LogP contribution in [0.3, 0.4) is 0 Å². The zero-order valence-corrected chi connectivity index (χ0v) is 15.0. The highest BCUT2D eigenvalue weighted by Gasteiger charge is 2.25. The summed E-state index contributed by atoms with van der Waals surface area (Å²) in [7, 11) is 0. The number of hydrogen-bond acceptors (Lipinski definition) is 4. The maximum absolute atomic E-state index is 11.0. The molecule has 5 nitrogen and oxygen atoms in total. The lowest BCUT2D eigenvalue weighted by Crippen LogP contribution is -2.43. The first-order chi connectivity index (χ1) is 12.6. The van der Waals surface area contributed by atoms with Crippen LogP contribution in [0, 0.1) is 5.92 Å². The van der Waals surface area contributed by atoms with E-state index in [0.717, 1.165) is 17.5 Å². The molecule has 6 heteroatoms. The minimum absolute atomic E-state index is 0.0950. The van der Waals surface area contributed by atoms with Gasteiger partial charge < -0.3 is 15.3 Å². The zero-order chi connectivity index (χ0) is 18.4. The lowest BCUT2D eigenvalue weighted by atomic mass is 9.95. The summed E-state index contributed by atoms with van der Waals surface area (Å²) >= 11 is 6.34. The fraction of sp³-hybridized carbons (Fsp3) is 0.300. The van der Waals surface area contributed by atoms with Gasteiger partial charge in [-0.1, -0.05) is 65.3 Å². The first kappa shape index (κ1) is 18.4. The highest BCUT2D eigenvalue weighted by Crippen LogP contribution is 2.20. The number of nitrogens with zero attached hydrogens (tertiary/aromatic N) is 1. The molecule has 1 heterocycles. The van der Waals surface area contributed by atoms with Gasteiger partial charge in [0.1, 0.15) is 12.3 Å². The molecule has 26 heavy (non-hydrogen) atoms. The summed E-state index contributed by atoms with van der Waals surface area (Å²) in [5.74, 6) is -1.07. The molecule has 0 bridgehead atoms. The topological polar surface area (TPSA) is 70.9 Å². The van der Waals surface area contributed by atoms with Gasteiger partial charge in [-0.2, -0.15) is 0 Å². The Morgan fingerprint density at radius 3 is 2.54 bits per heavy atom. The van der Waals surface area contributed by atoms with E-state index in [1.807, 2.05) is 54.6 Å². The van der Waals surface area contributed by atoms with Crippen molar-refractivity contribution in [1.29, 1.82) is 0 Å². The quantitative estimate of drug-likeness (QED) is 0.600. The molecule has 0 unspecified atom stereocenters. The second-order valence-corrected chi connectivity index (χ2v) is 6.71. The molecule has 1 aliphatic rings. The molecule has 0 radical (unpaired) electrons. The van der Waals surface area contributed by atoms with Crippen molar-refractivity contribution in [2.45, 2.75) is 18.9 Å². The van der Waals surface area contributed by atoms with E-state index in [1.165, 1.54) is 0 Å². The number of hydrogen-bond donors (Lipinski definition) is 2. The van der Waals surface area contributed by atoms with E-state index < -0.39 is 5.97 Å². The van der Waals surface area contributed by atoms with Gasteiger partial charge in [-0.05, 0) is 18.9 Å². The van der Waals surface area contributed by atoms with Gasteiger partial charge in [0.2, 0.25) is 0 Å². The largest absolute Gasteiger partial charge is 0.481 e. The van der Waals surface area contributed by atoms with Gasteiger partial charge in [-0.25, -0.2) is 0 Å². The van der Waals surface area contributed by atoms with Crippen molar-refractivity contribution in [3.05, 3.63) is 70.7 Å². The molecule has 0 aromatic heterocycles. The lowest BCUT2D eigenvalue weighted by Gasteiger charge is -2.26. The molecule has 2 atom stereocenters. The average molecular weight is 373 g/mol. The molecule has 2 N–H and O–H groups in total. The molecule has 0 saturated carbocycles. The summed E-state index contributed by atoms with van der Waals surface area (Å²) in [6, 6.07) is 17.4. The number of nitrogens with one attached hydrogen (secondary N) is 1. The number of carbonyl (C=O) groups is 1. The molecule has 3 rings (SSSR count). The van der Waals surface area contributed by atoms with Crippen LogP contribution in [0.1, 0.15) is 24.0 Å². The van der Waals surface area contributed by atoms with Crippen molar-refractivity contribution < 1.29 is 14.7 Å². The van der Waals surface area contributed by atoms with Crippen LogP contribution in [-0.2, 0) is 9.63 Å². The van der Waals surface area contributed by atoms with Crippen molar-refractivity contribution >= 4 is 23.3 Å². The summed E-state index contributed by atoms with van der Waals surface area (Å²) < 4.78 is 0. The van der Waals surface area contributed by atoms with Crippen molar-refractivity contribution in [2.75, 3.05) is 13.2 Å². The number of carboxylic acids is 1. The van der Waals surface area contributed by atoms with Crippen LogP contribution in [0.15, 0.2) is 59.8 Å². The lowest BCUT2D eigenvalue weighted by molar-refractivity contribution is -0.142. The standard InChI is InChI=1S/C20H21ClN2O3/c21-18-9-5-4-8-17(18)19(14-6-2-1-3-7-14)23-26-13-16-11-10-15(12-22-16)20(24)25/h1-9,15-16,22H,10-13H2,(H,24,25)/b23-19-/t15-,16+/m1/s1. The number of aliphatic carboxylic acids is 1. The SMILES string of the molecule is O=C(O)[C@@H]1CC[C@@H](CO/N=C(/c2ccccc2)c2ccccc2Cl)NC1. The normalized spacial score (nSPS) is 20.6. The molecule has 136 valence electrons. The number of rotatable bonds is 6. The van der Waals surface area contributed by atoms with Gasteiger partial charge in [0.05, 0.1) is 10.9 Å². The maximum atomic E-state index is 11.0. The van der Waals surface area contributed by atoms with Crippen molar-refractivity contribution in [3.8, 4) is 0 Å². The van der Waals surface area contributed by atoms with Crippen LogP contribution in [0.5, 0.6) is 0 Å². The Kier molecular flexibility index (Phi) is 6.26. The molecule has 0 spiro atoms. The van der Waals surface area contributed by atoms with E-state index in [-0.39, 0.29) is 12.0 Å². The molecule has 2 aromatic rings. The van der Waals surface area contributed by atoms with Crippen LogP contribution in [0.4, 0.5) is 0 Å². The molecule has 0 amide bonds. The minimum atomic E-state index is -0.750. The minimum Gasteiger partial charge on any atom is -0.481 e. The maximum Gasteiger partial charge on any atom is 0.307 e. The van der Waals surface area contributed by atoms with Gasteiger partial charge in [-0.15, -0.1) is 0 Å². The third-order valence-corrected chi connectivity index (χ3v) is 4.80. The number of oxime groups is 1. The number of benzene rings is 2. The summed E-state index contributed by atoms with van der Waals surface area (Å²) in [4.78, 5) is 16.6. The van der Waals surface area contributed by atoms with E-state index in [4.69, 9.17) is 21.5 Å². The molecular weight excluding hydrogens is 352 g/mol. The Labute approximate surface area is 157 Å². The molecular formula is C20H21ClN2O3. The van der Waals surface area contributed by atoms with Crippen molar-refractivity contribution in [1.82, 2.24) is 5.32 Å². The van der Waals surface area contributed by atoms with Crippen molar-refractivity contribution in [3.63, 3.8) is 0 Å². The van der Waals surface area contributed by atoms with Crippen LogP contribution in [0.25, 0.3) is 0 Å². The number of carboxylic acid groups (broad SMARTS) is 1. The third-order valence-electron chi connectivity index (χ3n) is 4.47. The zero-order valence-electron chi connectivity index (χ0n) is 14.3. The highest BCUT2D eigenvalue weighted by atomic mass is 35.5. The van der Waals surface area contributed by atoms with Crippen LogP contribution >= 0.6 is 11.6 Å². The predicted octanol–water partition coefficient (Wildman–Crippen LogP) is 3.56. The smallest absolute Gasteiger partial charge is 0.307 e. The van der Waals surface area contributed by atoms with Gasteiger partial charge in [-0.3, -0.25) is 4.79 Å². The monoisotopic (exact) mass is 372 g/mol. The predicted molar refractivity (Wildman–Crippen MR) is 102 cm³/mol. The van der Waals surface area contributed by atoms with Gasteiger partial charge >= 0.3 is 5.97 Å². The summed E-state index contributed by atoms with van der Waals surface area (Å²) in [6.45, 7) is 0.844. The van der Waals surface area contributed by atoms with Gasteiger partial charge in [0, 0.05) is 23.7 Å². The summed E-state index contributed by atoms with van der Waals surface area (Å²) in [5.41, 5.74) is 2.40. The Balaban J connectivity index is 1.70. The fourth-order valence-corrected chi connectivity index (χ4v) is 3.19. The first-order valence-corrected chi connectivity index (χ1v) is 8.99. The summed E-state index contributed by atoms with van der Waals surface area (Å²) in [6.07, 6.45) is 1.40. The molecule has 1 saturated heterocycles. The van der Waals surface area contributed by atoms with Crippen LogP contribution in [0.2, 0.25) is 5.02 Å². The second-order valence-electron chi connectivity index (χ2n) is 6.30. The Morgan fingerprint density at radius 1 is 1.15 bits per heavy atom. The molecule has 2 aromatic carbocycles. The second kappa shape index (κ2) is 8.83. The Hall–Kier alpha value is -2.37. The van der Waals surface area contributed by atoms with E-state index in [9.17, 15) is 4.79 Å². The number of halogens is 1. The van der Waals surface area contributed by atoms with E-state index in [2.05, 4.69) is 10.5 Å². The Bertz CT molecular complexity index is 772. The fourth-order valence-electron chi connectivity index (χ4n) is 2.97.